The highest BCUT2D eigenvalue weighted by molar-refractivity contribution is 8.02. The van der Waals surface area contributed by atoms with Crippen LogP contribution in [-0.2, 0) is 5.72 Å². The standard InChI is InChI=1S/C14H12F3N3O2S/c1-22-9-5-3-8(4-6-9)13(21)10(7-18)11(23-2)19-12(20-13)14(15,16)17/h3-6,21H,1-2H3,(H,19,20)/t13-/m0/s1. The van der Waals surface area contributed by atoms with Crippen LogP contribution in [0, 0.1) is 11.3 Å². The number of thioether (sulfide) groups is 1. The molecule has 0 unspecified atom stereocenters. The molecule has 1 aromatic rings. The van der Waals surface area contributed by atoms with Crippen LogP contribution < -0.4 is 10.1 Å². The fourth-order valence-electron chi connectivity index (χ4n) is 2.02. The van der Waals surface area contributed by atoms with E-state index in [2.05, 4.69) is 10.3 Å². The van der Waals surface area contributed by atoms with Crippen molar-refractivity contribution in [3.8, 4) is 11.8 Å². The molecule has 0 aliphatic carbocycles. The molecule has 0 aromatic heterocycles. The van der Waals surface area contributed by atoms with Gasteiger partial charge in [0.2, 0.25) is 11.6 Å². The maximum Gasteiger partial charge on any atom is 0.449 e. The normalized spacial score (nSPS) is 21.3. The first-order chi connectivity index (χ1) is 10.8. The number of nitriles is 1. The first-order valence-corrected chi connectivity index (χ1v) is 7.48. The SMILES string of the molecule is COc1ccc([C@@]2(O)N=C(C(F)(F)F)NC(SC)=C2C#N)cc1. The number of benzene rings is 1. The second-order valence-corrected chi connectivity index (χ2v) is 5.32. The molecule has 1 heterocycles. The third-order valence-corrected chi connectivity index (χ3v) is 3.87. The quantitative estimate of drug-likeness (QED) is 0.882. The summed E-state index contributed by atoms with van der Waals surface area (Å²) in [6, 6.07) is 7.38. The number of methoxy groups -OCH3 is 1. The maximum absolute atomic E-state index is 13.0. The van der Waals surface area contributed by atoms with Gasteiger partial charge in [0.15, 0.2) is 0 Å². The fraction of sp³-hybridized carbons (Fsp3) is 0.286. The lowest BCUT2D eigenvalue weighted by atomic mass is 9.94. The molecular formula is C14H12F3N3O2S. The number of nitrogens with one attached hydrogen (secondary N) is 1. The Kier molecular flexibility index (Phi) is 4.58. The zero-order chi connectivity index (χ0) is 17.3. The van der Waals surface area contributed by atoms with Crippen molar-refractivity contribution < 1.29 is 23.0 Å². The minimum Gasteiger partial charge on any atom is -0.497 e. The molecule has 122 valence electrons. The topological polar surface area (TPSA) is 77.6 Å². The molecule has 2 N–H and O–H groups in total. The molecule has 2 rings (SSSR count). The molecule has 0 fully saturated rings. The van der Waals surface area contributed by atoms with Crippen molar-refractivity contribution in [3.05, 3.63) is 40.4 Å². The number of aliphatic hydroxyl groups is 1. The first kappa shape index (κ1) is 17.2. The van der Waals surface area contributed by atoms with E-state index in [-0.39, 0.29) is 16.2 Å². The second kappa shape index (κ2) is 6.14. The summed E-state index contributed by atoms with van der Waals surface area (Å²) in [4.78, 5) is 3.36. The lowest BCUT2D eigenvalue weighted by molar-refractivity contribution is -0.0644. The third kappa shape index (κ3) is 3.13. The van der Waals surface area contributed by atoms with Gasteiger partial charge in [0.25, 0.3) is 0 Å². The van der Waals surface area contributed by atoms with E-state index in [0.717, 1.165) is 11.8 Å². The highest BCUT2D eigenvalue weighted by Gasteiger charge is 2.47. The Morgan fingerprint density at radius 2 is 1.96 bits per heavy atom. The van der Waals surface area contributed by atoms with E-state index < -0.39 is 17.7 Å². The molecule has 1 aliphatic rings. The van der Waals surface area contributed by atoms with Crippen molar-refractivity contribution >= 4 is 17.6 Å². The molecule has 0 spiro atoms. The third-order valence-electron chi connectivity index (χ3n) is 3.16. The lowest BCUT2D eigenvalue weighted by Crippen LogP contribution is -2.45. The average molecular weight is 343 g/mol. The Balaban J connectivity index is 2.64. The summed E-state index contributed by atoms with van der Waals surface area (Å²) in [6.45, 7) is 0. The van der Waals surface area contributed by atoms with E-state index in [1.807, 2.05) is 0 Å². The van der Waals surface area contributed by atoms with Crippen molar-refractivity contribution in [1.82, 2.24) is 5.32 Å². The number of hydrogen-bond donors (Lipinski definition) is 2. The Morgan fingerprint density at radius 3 is 2.39 bits per heavy atom. The van der Waals surface area contributed by atoms with Gasteiger partial charge in [-0.15, -0.1) is 11.8 Å². The summed E-state index contributed by atoms with van der Waals surface area (Å²) < 4.78 is 44.0. The van der Waals surface area contributed by atoms with Crippen molar-refractivity contribution in [2.75, 3.05) is 13.4 Å². The van der Waals surface area contributed by atoms with Crippen LogP contribution in [0.5, 0.6) is 5.75 Å². The number of rotatable bonds is 3. The molecule has 0 bridgehead atoms. The number of alkyl halides is 3. The van der Waals surface area contributed by atoms with E-state index >= 15 is 0 Å². The minimum absolute atomic E-state index is 0.0321. The van der Waals surface area contributed by atoms with Crippen molar-refractivity contribution in [3.63, 3.8) is 0 Å². The highest BCUT2D eigenvalue weighted by atomic mass is 32.2. The molecule has 1 aromatic carbocycles. The van der Waals surface area contributed by atoms with Crippen LogP contribution in [0.15, 0.2) is 39.9 Å². The number of hydrogen-bond acceptors (Lipinski definition) is 6. The molecule has 1 aliphatic heterocycles. The largest absolute Gasteiger partial charge is 0.497 e. The zero-order valence-corrected chi connectivity index (χ0v) is 12.9. The maximum atomic E-state index is 13.0. The molecule has 9 heteroatoms. The summed E-state index contributed by atoms with van der Waals surface area (Å²) in [5.41, 5.74) is -2.69. The van der Waals surface area contributed by atoms with E-state index in [1.54, 1.807) is 6.07 Å². The summed E-state index contributed by atoms with van der Waals surface area (Å²) in [7, 11) is 1.43. The Labute approximate surface area is 134 Å². The highest BCUT2D eigenvalue weighted by Crippen LogP contribution is 2.39. The van der Waals surface area contributed by atoms with Gasteiger partial charge < -0.3 is 15.2 Å². The molecule has 0 radical (unpaired) electrons. The Bertz CT molecular complexity index is 707. The Hall–Kier alpha value is -2.18. The summed E-state index contributed by atoms with van der Waals surface area (Å²) >= 11 is 0.883. The van der Waals surface area contributed by atoms with Crippen molar-refractivity contribution in [1.29, 1.82) is 5.26 Å². The summed E-state index contributed by atoms with van der Waals surface area (Å²) in [6.07, 6.45) is -3.30. The van der Waals surface area contributed by atoms with Crippen LogP contribution in [0.4, 0.5) is 13.2 Å². The monoisotopic (exact) mass is 343 g/mol. The van der Waals surface area contributed by atoms with Crippen molar-refractivity contribution in [2.24, 2.45) is 4.99 Å². The van der Waals surface area contributed by atoms with Gasteiger partial charge >= 0.3 is 6.18 Å². The van der Waals surface area contributed by atoms with Gasteiger partial charge in [-0.2, -0.15) is 18.4 Å². The van der Waals surface area contributed by atoms with E-state index in [1.165, 1.54) is 37.6 Å². The first-order valence-electron chi connectivity index (χ1n) is 6.26. The molecule has 0 saturated carbocycles. The van der Waals surface area contributed by atoms with Gasteiger partial charge in [-0.3, -0.25) is 0 Å². The van der Waals surface area contributed by atoms with Crippen LogP contribution >= 0.6 is 11.8 Å². The van der Waals surface area contributed by atoms with E-state index in [9.17, 15) is 23.5 Å². The molecule has 1 atom stereocenters. The number of halogens is 3. The molecular weight excluding hydrogens is 331 g/mol. The average Bonchev–Trinajstić information content (AvgIpc) is 2.53. The van der Waals surface area contributed by atoms with Gasteiger partial charge in [-0.05, 0) is 18.4 Å². The number of ether oxygens (including phenoxy) is 1. The van der Waals surface area contributed by atoms with Crippen LogP contribution in [0.1, 0.15) is 5.56 Å². The molecule has 5 nitrogen and oxygen atoms in total. The number of aliphatic imine (C=N–C) groups is 1. The van der Waals surface area contributed by atoms with Gasteiger partial charge in [0.1, 0.15) is 17.4 Å². The predicted octanol–water partition coefficient (Wildman–Crippen LogP) is 2.50. The van der Waals surface area contributed by atoms with E-state index in [4.69, 9.17) is 4.74 Å². The summed E-state index contributed by atoms with van der Waals surface area (Å²) in [5.74, 6) is -0.905. The summed E-state index contributed by atoms with van der Waals surface area (Å²) in [5, 5.41) is 22.0. The molecule has 23 heavy (non-hydrogen) atoms. The fourth-order valence-corrected chi connectivity index (χ4v) is 2.61. The van der Waals surface area contributed by atoms with Crippen LogP contribution in [-0.4, -0.2) is 30.5 Å². The minimum atomic E-state index is -4.79. The Morgan fingerprint density at radius 1 is 1.35 bits per heavy atom. The zero-order valence-electron chi connectivity index (χ0n) is 12.1. The van der Waals surface area contributed by atoms with Crippen molar-refractivity contribution in [2.45, 2.75) is 11.9 Å². The van der Waals surface area contributed by atoms with E-state index in [0.29, 0.717) is 5.75 Å². The second-order valence-electron chi connectivity index (χ2n) is 4.50. The van der Waals surface area contributed by atoms with Crippen LogP contribution in [0.25, 0.3) is 0 Å². The van der Waals surface area contributed by atoms with Crippen LogP contribution in [0.3, 0.4) is 0 Å². The van der Waals surface area contributed by atoms with Crippen LogP contribution in [0.2, 0.25) is 0 Å². The van der Waals surface area contributed by atoms with Gasteiger partial charge in [0, 0.05) is 5.56 Å². The predicted molar refractivity (Wildman–Crippen MR) is 79.7 cm³/mol. The van der Waals surface area contributed by atoms with Gasteiger partial charge in [-0.1, -0.05) is 12.1 Å². The smallest absolute Gasteiger partial charge is 0.449 e. The number of amidine groups is 1. The van der Waals surface area contributed by atoms with Gasteiger partial charge in [-0.25, -0.2) is 4.99 Å². The molecule has 0 amide bonds. The number of nitrogens with zero attached hydrogens (tertiary/aromatic N) is 2. The lowest BCUT2D eigenvalue weighted by Gasteiger charge is -2.31. The van der Waals surface area contributed by atoms with Gasteiger partial charge in [0.05, 0.1) is 12.1 Å². The molecule has 0 saturated heterocycles.